The van der Waals surface area contributed by atoms with Gasteiger partial charge in [0, 0.05) is 37.9 Å². The van der Waals surface area contributed by atoms with Crippen molar-refractivity contribution < 1.29 is 4.74 Å². The quantitative estimate of drug-likeness (QED) is 0.767. The number of ether oxygens (including phenoxy) is 1. The summed E-state index contributed by atoms with van der Waals surface area (Å²) in [6, 6.07) is 2.20. The molecule has 0 spiro atoms. The van der Waals surface area contributed by atoms with Crippen molar-refractivity contribution in [1.82, 2.24) is 10.2 Å². The highest BCUT2D eigenvalue weighted by Crippen LogP contribution is 2.22. The van der Waals surface area contributed by atoms with Gasteiger partial charge in [-0.05, 0) is 38.6 Å². The molecule has 0 aromatic heterocycles. The fourth-order valence-electron chi connectivity index (χ4n) is 2.79. The maximum Gasteiger partial charge on any atom is 0.0480 e. The van der Waals surface area contributed by atoms with Gasteiger partial charge < -0.3 is 10.1 Å². The van der Waals surface area contributed by atoms with Gasteiger partial charge in [0.25, 0.3) is 0 Å². The Morgan fingerprint density at radius 2 is 1.82 bits per heavy atom. The molecule has 0 bridgehead atoms. The van der Waals surface area contributed by atoms with Crippen molar-refractivity contribution >= 4 is 0 Å². The van der Waals surface area contributed by atoms with Crippen LogP contribution >= 0.6 is 0 Å². The van der Waals surface area contributed by atoms with E-state index in [2.05, 4.69) is 31.1 Å². The molecule has 100 valence electrons. The molecule has 0 aromatic carbocycles. The largest absolute Gasteiger partial charge is 0.381 e. The van der Waals surface area contributed by atoms with E-state index < -0.39 is 0 Å². The molecule has 2 rings (SSSR count). The van der Waals surface area contributed by atoms with Crippen LogP contribution in [0.2, 0.25) is 0 Å². The summed E-state index contributed by atoms with van der Waals surface area (Å²) in [5.74, 6) is 0.717. The topological polar surface area (TPSA) is 24.5 Å². The van der Waals surface area contributed by atoms with E-state index >= 15 is 0 Å². The van der Waals surface area contributed by atoms with Gasteiger partial charge >= 0.3 is 0 Å². The summed E-state index contributed by atoms with van der Waals surface area (Å²) in [6.45, 7) is 7.71. The standard InChI is InChI=1S/C14H28N2O/c1-11(2)14(10-15-12-4-5-12)16(3)13-6-8-17-9-7-13/h11-15H,4-10H2,1-3H3. The Hall–Kier alpha value is -0.120. The van der Waals surface area contributed by atoms with Crippen molar-refractivity contribution in [3.63, 3.8) is 0 Å². The lowest BCUT2D eigenvalue weighted by Gasteiger charge is -2.39. The van der Waals surface area contributed by atoms with E-state index in [1.807, 2.05) is 0 Å². The first-order valence-electron chi connectivity index (χ1n) is 7.21. The zero-order valence-corrected chi connectivity index (χ0v) is 11.6. The molecule has 3 nitrogen and oxygen atoms in total. The summed E-state index contributed by atoms with van der Waals surface area (Å²) in [4.78, 5) is 2.60. The van der Waals surface area contributed by atoms with E-state index in [0.717, 1.165) is 31.8 Å². The second-order valence-corrected chi connectivity index (χ2v) is 6.00. The minimum atomic E-state index is 0.665. The lowest BCUT2D eigenvalue weighted by molar-refractivity contribution is 0.0203. The zero-order chi connectivity index (χ0) is 12.3. The van der Waals surface area contributed by atoms with E-state index in [1.54, 1.807) is 0 Å². The van der Waals surface area contributed by atoms with Gasteiger partial charge in [-0.15, -0.1) is 0 Å². The fourth-order valence-corrected chi connectivity index (χ4v) is 2.79. The second kappa shape index (κ2) is 6.17. The molecule has 1 N–H and O–H groups in total. The minimum absolute atomic E-state index is 0.665. The predicted octanol–water partition coefficient (Wildman–Crippen LogP) is 1.87. The van der Waals surface area contributed by atoms with E-state index in [4.69, 9.17) is 4.74 Å². The maximum atomic E-state index is 5.46. The predicted molar refractivity (Wildman–Crippen MR) is 71.3 cm³/mol. The van der Waals surface area contributed by atoms with Crippen molar-refractivity contribution in [3.05, 3.63) is 0 Å². The number of likely N-dealkylation sites (N-methyl/N-ethyl adjacent to an activating group) is 1. The van der Waals surface area contributed by atoms with Crippen LogP contribution in [0.5, 0.6) is 0 Å². The molecule has 0 radical (unpaired) electrons. The van der Waals surface area contributed by atoms with Gasteiger partial charge in [-0.25, -0.2) is 0 Å². The Labute approximate surface area is 106 Å². The molecular formula is C14H28N2O. The molecule has 0 amide bonds. The van der Waals surface area contributed by atoms with Gasteiger partial charge in [0.1, 0.15) is 0 Å². The number of nitrogens with zero attached hydrogens (tertiary/aromatic N) is 1. The highest BCUT2D eigenvalue weighted by atomic mass is 16.5. The van der Waals surface area contributed by atoms with Crippen LogP contribution in [-0.2, 0) is 4.74 Å². The molecule has 1 heterocycles. The molecule has 2 fully saturated rings. The lowest BCUT2D eigenvalue weighted by atomic mass is 9.98. The normalized spacial score (nSPS) is 24.5. The van der Waals surface area contributed by atoms with Gasteiger partial charge in [0.15, 0.2) is 0 Å². The fraction of sp³-hybridized carbons (Fsp3) is 1.00. The second-order valence-electron chi connectivity index (χ2n) is 6.00. The monoisotopic (exact) mass is 240 g/mol. The first-order chi connectivity index (χ1) is 8.18. The summed E-state index contributed by atoms with van der Waals surface area (Å²) < 4.78 is 5.46. The third-order valence-corrected chi connectivity index (χ3v) is 4.25. The number of hydrogen-bond donors (Lipinski definition) is 1. The minimum Gasteiger partial charge on any atom is -0.381 e. The van der Waals surface area contributed by atoms with Crippen LogP contribution in [0.1, 0.15) is 39.5 Å². The Morgan fingerprint density at radius 1 is 1.18 bits per heavy atom. The zero-order valence-electron chi connectivity index (χ0n) is 11.6. The number of rotatable bonds is 6. The van der Waals surface area contributed by atoms with Gasteiger partial charge in [-0.3, -0.25) is 4.90 Å². The number of nitrogens with one attached hydrogen (secondary N) is 1. The van der Waals surface area contributed by atoms with Crippen LogP contribution in [-0.4, -0.2) is 49.8 Å². The van der Waals surface area contributed by atoms with Crippen LogP contribution in [0.4, 0.5) is 0 Å². The summed E-state index contributed by atoms with van der Waals surface area (Å²) in [5.41, 5.74) is 0. The van der Waals surface area contributed by atoms with E-state index in [1.165, 1.54) is 25.7 Å². The first kappa shape index (κ1) is 13.3. The summed E-state index contributed by atoms with van der Waals surface area (Å²) in [6.07, 6.45) is 5.16. The molecule has 1 unspecified atom stereocenters. The Morgan fingerprint density at radius 3 is 2.35 bits per heavy atom. The molecule has 0 aromatic rings. The van der Waals surface area contributed by atoms with Crippen LogP contribution in [0.25, 0.3) is 0 Å². The summed E-state index contributed by atoms with van der Waals surface area (Å²) in [5, 5.41) is 3.69. The molecule has 1 saturated carbocycles. The molecule has 1 aliphatic heterocycles. The molecular weight excluding hydrogens is 212 g/mol. The summed E-state index contributed by atoms with van der Waals surface area (Å²) in [7, 11) is 2.30. The first-order valence-corrected chi connectivity index (χ1v) is 7.21. The molecule has 1 saturated heterocycles. The number of hydrogen-bond acceptors (Lipinski definition) is 3. The molecule has 1 aliphatic carbocycles. The van der Waals surface area contributed by atoms with Crippen molar-refractivity contribution in [2.24, 2.45) is 5.92 Å². The van der Waals surface area contributed by atoms with Crippen LogP contribution in [0.3, 0.4) is 0 Å². The average molecular weight is 240 g/mol. The molecule has 2 aliphatic rings. The van der Waals surface area contributed by atoms with E-state index in [-0.39, 0.29) is 0 Å². The summed E-state index contributed by atoms with van der Waals surface area (Å²) >= 11 is 0. The van der Waals surface area contributed by atoms with Crippen LogP contribution < -0.4 is 5.32 Å². The van der Waals surface area contributed by atoms with Crippen LogP contribution in [0.15, 0.2) is 0 Å². The third-order valence-electron chi connectivity index (χ3n) is 4.25. The molecule has 3 heteroatoms. The average Bonchev–Trinajstić information content (AvgIpc) is 3.14. The smallest absolute Gasteiger partial charge is 0.0480 e. The highest BCUT2D eigenvalue weighted by molar-refractivity contribution is 4.87. The van der Waals surface area contributed by atoms with Crippen molar-refractivity contribution in [3.8, 4) is 0 Å². The van der Waals surface area contributed by atoms with Gasteiger partial charge in [0.05, 0.1) is 0 Å². The van der Waals surface area contributed by atoms with Gasteiger partial charge in [0.2, 0.25) is 0 Å². The van der Waals surface area contributed by atoms with Crippen molar-refractivity contribution in [2.75, 3.05) is 26.8 Å². The lowest BCUT2D eigenvalue weighted by Crippen LogP contribution is -2.50. The Kier molecular flexibility index (Phi) is 4.83. The molecule has 17 heavy (non-hydrogen) atoms. The maximum absolute atomic E-state index is 5.46. The Balaban J connectivity index is 1.83. The van der Waals surface area contributed by atoms with Crippen LogP contribution in [0, 0.1) is 5.92 Å². The van der Waals surface area contributed by atoms with Gasteiger partial charge in [-0.1, -0.05) is 13.8 Å². The van der Waals surface area contributed by atoms with E-state index in [9.17, 15) is 0 Å². The molecule has 1 atom stereocenters. The third kappa shape index (κ3) is 3.94. The SMILES string of the molecule is CC(C)C(CNC1CC1)N(C)C1CCOCC1. The highest BCUT2D eigenvalue weighted by Gasteiger charge is 2.29. The Bertz CT molecular complexity index is 222. The van der Waals surface area contributed by atoms with Crippen molar-refractivity contribution in [2.45, 2.75) is 57.7 Å². The van der Waals surface area contributed by atoms with Gasteiger partial charge in [-0.2, -0.15) is 0 Å². The van der Waals surface area contributed by atoms with E-state index in [0.29, 0.717) is 12.0 Å². The van der Waals surface area contributed by atoms with Crippen molar-refractivity contribution in [1.29, 1.82) is 0 Å².